The molecule has 1 atom stereocenters. The Balaban J connectivity index is 2.91. The van der Waals surface area contributed by atoms with Crippen molar-refractivity contribution in [2.75, 3.05) is 18.9 Å². The maximum atomic E-state index is 11.9. The molecular weight excluding hydrogens is 266 g/mol. The number of nitrogens with one attached hydrogen (secondary N) is 2. The van der Waals surface area contributed by atoms with Crippen LogP contribution >= 0.6 is 11.6 Å². The summed E-state index contributed by atoms with van der Waals surface area (Å²) in [6.45, 7) is 2.19. The third-order valence-corrected chi connectivity index (χ3v) is 3.18. The van der Waals surface area contributed by atoms with E-state index in [1.165, 1.54) is 7.05 Å². The zero-order valence-corrected chi connectivity index (χ0v) is 11.8. The molecule has 1 aromatic carbocycles. The molecule has 5 nitrogen and oxygen atoms in total. The highest BCUT2D eigenvalue weighted by molar-refractivity contribution is 6.34. The Bertz CT molecular complexity index is 473. The number of carbonyl (C=O) groups excluding carboxylic acids is 2. The van der Waals surface area contributed by atoms with Gasteiger partial charge in [-0.05, 0) is 24.6 Å². The quantitative estimate of drug-likeness (QED) is 0.768. The van der Waals surface area contributed by atoms with E-state index in [9.17, 15) is 9.59 Å². The van der Waals surface area contributed by atoms with Crippen LogP contribution in [-0.2, 0) is 4.79 Å². The van der Waals surface area contributed by atoms with Crippen molar-refractivity contribution >= 4 is 29.1 Å². The normalized spacial score (nSPS) is 11.8. The van der Waals surface area contributed by atoms with E-state index in [1.807, 2.05) is 6.92 Å². The Hall–Kier alpha value is -1.59. The summed E-state index contributed by atoms with van der Waals surface area (Å²) in [5, 5.41) is 5.56. The number of anilines is 1. The average Bonchev–Trinajstić information content (AvgIpc) is 2.41. The molecule has 0 aliphatic heterocycles. The molecule has 0 spiro atoms. The van der Waals surface area contributed by atoms with Crippen LogP contribution in [0.5, 0.6) is 0 Å². The number of hydrogen-bond acceptors (Lipinski definition) is 3. The van der Waals surface area contributed by atoms with Gasteiger partial charge in [0.15, 0.2) is 0 Å². The van der Waals surface area contributed by atoms with Crippen LogP contribution in [0.3, 0.4) is 0 Å². The molecule has 1 unspecified atom stereocenters. The lowest BCUT2D eigenvalue weighted by molar-refractivity contribution is -0.119. The maximum absolute atomic E-state index is 11.9. The van der Waals surface area contributed by atoms with Gasteiger partial charge >= 0.3 is 0 Å². The molecule has 1 rings (SSSR count). The lowest BCUT2D eigenvalue weighted by Gasteiger charge is -2.13. The van der Waals surface area contributed by atoms with Crippen LogP contribution < -0.4 is 16.4 Å². The third kappa shape index (κ3) is 3.94. The second kappa shape index (κ2) is 7.11. The van der Waals surface area contributed by atoms with Gasteiger partial charge in [0.1, 0.15) is 0 Å². The van der Waals surface area contributed by atoms with Crippen molar-refractivity contribution in [3.8, 4) is 0 Å². The molecule has 0 aliphatic rings. The molecule has 6 heteroatoms. The summed E-state index contributed by atoms with van der Waals surface area (Å²) in [6.07, 6.45) is 0.665. The fourth-order valence-corrected chi connectivity index (χ4v) is 1.82. The minimum absolute atomic E-state index is 0.157. The number of amides is 2. The van der Waals surface area contributed by atoms with Crippen molar-refractivity contribution in [3.05, 3.63) is 28.8 Å². The van der Waals surface area contributed by atoms with Crippen molar-refractivity contribution in [3.63, 3.8) is 0 Å². The Morgan fingerprint density at radius 3 is 2.63 bits per heavy atom. The number of halogens is 1. The summed E-state index contributed by atoms with van der Waals surface area (Å²) in [5.41, 5.74) is 6.37. The second-order valence-electron chi connectivity index (χ2n) is 4.10. The van der Waals surface area contributed by atoms with Crippen molar-refractivity contribution in [1.82, 2.24) is 5.32 Å². The van der Waals surface area contributed by atoms with Gasteiger partial charge in [-0.1, -0.05) is 18.5 Å². The number of rotatable bonds is 5. The second-order valence-corrected chi connectivity index (χ2v) is 4.51. The molecule has 0 radical (unpaired) electrons. The maximum Gasteiger partial charge on any atom is 0.252 e. The molecule has 104 valence electrons. The Morgan fingerprint density at radius 1 is 1.42 bits per heavy atom. The molecule has 19 heavy (non-hydrogen) atoms. The number of carbonyl (C=O) groups is 2. The zero-order chi connectivity index (χ0) is 14.4. The topological polar surface area (TPSA) is 84.2 Å². The number of benzene rings is 1. The molecule has 0 saturated heterocycles. The van der Waals surface area contributed by atoms with Crippen LogP contribution in [0.4, 0.5) is 5.69 Å². The van der Waals surface area contributed by atoms with Crippen molar-refractivity contribution in [2.24, 2.45) is 11.7 Å². The van der Waals surface area contributed by atoms with Crippen LogP contribution in [0.15, 0.2) is 18.2 Å². The fourth-order valence-electron chi connectivity index (χ4n) is 1.62. The lowest BCUT2D eigenvalue weighted by atomic mass is 10.1. The van der Waals surface area contributed by atoms with Gasteiger partial charge in [-0.3, -0.25) is 9.59 Å². The molecule has 4 N–H and O–H groups in total. The highest BCUT2D eigenvalue weighted by Crippen LogP contribution is 2.21. The first kappa shape index (κ1) is 15.5. The predicted molar refractivity (Wildman–Crippen MR) is 76.3 cm³/mol. The molecule has 0 bridgehead atoms. The molecule has 0 aliphatic carbocycles. The molecular formula is C13H18ClN3O2. The van der Waals surface area contributed by atoms with Crippen LogP contribution in [0.2, 0.25) is 5.02 Å². The summed E-state index contributed by atoms with van der Waals surface area (Å²) in [5.74, 6) is -0.693. The predicted octanol–water partition coefficient (Wildman–Crippen LogP) is 1.62. The van der Waals surface area contributed by atoms with E-state index in [4.69, 9.17) is 17.3 Å². The first-order valence-corrected chi connectivity index (χ1v) is 6.43. The molecule has 0 fully saturated rings. The van der Waals surface area contributed by atoms with Gasteiger partial charge in [0.05, 0.1) is 16.5 Å². The van der Waals surface area contributed by atoms with Crippen molar-refractivity contribution in [2.45, 2.75) is 13.3 Å². The van der Waals surface area contributed by atoms with E-state index < -0.39 is 0 Å². The van der Waals surface area contributed by atoms with Gasteiger partial charge in [0, 0.05) is 19.3 Å². The van der Waals surface area contributed by atoms with E-state index in [1.54, 1.807) is 18.2 Å². The van der Waals surface area contributed by atoms with Crippen molar-refractivity contribution in [1.29, 1.82) is 0 Å². The largest absolute Gasteiger partial charge is 0.355 e. The lowest BCUT2D eigenvalue weighted by Crippen LogP contribution is -2.28. The monoisotopic (exact) mass is 283 g/mol. The van der Waals surface area contributed by atoms with Crippen molar-refractivity contribution < 1.29 is 9.59 Å². The molecule has 0 aromatic heterocycles. The van der Waals surface area contributed by atoms with E-state index in [-0.39, 0.29) is 24.3 Å². The van der Waals surface area contributed by atoms with Crippen LogP contribution in [0.1, 0.15) is 23.7 Å². The van der Waals surface area contributed by atoms with Gasteiger partial charge in [-0.25, -0.2) is 0 Å². The van der Waals surface area contributed by atoms with E-state index in [0.29, 0.717) is 22.7 Å². The minimum atomic E-state index is -0.299. The summed E-state index contributed by atoms with van der Waals surface area (Å²) < 4.78 is 0. The summed E-state index contributed by atoms with van der Waals surface area (Å²) >= 11 is 5.93. The summed E-state index contributed by atoms with van der Waals surface area (Å²) in [4.78, 5) is 23.5. The molecule has 2 amide bonds. The standard InChI is InChI=1S/C13H18ClN3O2/c1-3-8(7-15)12(18)17-9-4-5-11(14)10(6-9)13(19)16-2/h4-6,8H,3,7,15H2,1-2H3,(H,16,19)(H,17,18). The van der Waals surface area contributed by atoms with Gasteiger partial charge in [-0.2, -0.15) is 0 Å². The van der Waals surface area contributed by atoms with Gasteiger partial charge in [-0.15, -0.1) is 0 Å². The number of nitrogens with two attached hydrogens (primary N) is 1. The third-order valence-electron chi connectivity index (χ3n) is 2.85. The van der Waals surface area contributed by atoms with Gasteiger partial charge < -0.3 is 16.4 Å². The van der Waals surface area contributed by atoms with Gasteiger partial charge in [0.2, 0.25) is 5.91 Å². The van der Waals surface area contributed by atoms with Crippen LogP contribution in [0.25, 0.3) is 0 Å². The Kier molecular flexibility index (Phi) is 5.79. The average molecular weight is 284 g/mol. The minimum Gasteiger partial charge on any atom is -0.355 e. The highest BCUT2D eigenvalue weighted by atomic mass is 35.5. The first-order valence-electron chi connectivity index (χ1n) is 6.06. The van der Waals surface area contributed by atoms with Crippen LogP contribution in [-0.4, -0.2) is 25.4 Å². The number of hydrogen-bond donors (Lipinski definition) is 3. The van der Waals surface area contributed by atoms with Crippen LogP contribution in [0, 0.1) is 5.92 Å². The fraction of sp³-hybridized carbons (Fsp3) is 0.385. The molecule has 0 heterocycles. The molecule has 0 saturated carbocycles. The Labute approximate surface area is 117 Å². The smallest absolute Gasteiger partial charge is 0.252 e. The highest BCUT2D eigenvalue weighted by Gasteiger charge is 2.16. The van der Waals surface area contributed by atoms with E-state index >= 15 is 0 Å². The summed E-state index contributed by atoms with van der Waals surface area (Å²) in [7, 11) is 1.52. The summed E-state index contributed by atoms with van der Waals surface area (Å²) in [6, 6.07) is 4.77. The Morgan fingerprint density at radius 2 is 2.11 bits per heavy atom. The van der Waals surface area contributed by atoms with E-state index in [2.05, 4.69) is 10.6 Å². The first-order chi connectivity index (χ1) is 9.03. The zero-order valence-electron chi connectivity index (χ0n) is 11.0. The van der Waals surface area contributed by atoms with Gasteiger partial charge in [0.25, 0.3) is 5.91 Å². The van der Waals surface area contributed by atoms with E-state index in [0.717, 1.165) is 0 Å². The SMILES string of the molecule is CCC(CN)C(=O)Nc1ccc(Cl)c(C(=O)NC)c1. The molecule has 1 aromatic rings.